The van der Waals surface area contributed by atoms with Crippen LogP contribution >= 0.6 is 11.6 Å². The summed E-state index contributed by atoms with van der Waals surface area (Å²) in [6, 6.07) is 11.3. The number of imide groups is 1. The molecule has 2 aromatic carbocycles. The van der Waals surface area contributed by atoms with Gasteiger partial charge in [-0.1, -0.05) is 23.7 Å². The number of nitrogens with one attached hydrogen (secondary N) is 1. The average molecular weight is 524 g/mol. The van der Waals surface area contributed by atoms with Gasteiger partial charge in [0.05, 0.1) is 10.6 Å². The molecule has 182 valence electrons. The van der Waals surface area contributed by atoms with E-state index in [0.717, 1.165) is 22.6 Å². The molecule has 3 amide bonds. The topological polar surface area (TPSA) is 96.4 Å². The van der Waals surface area contributed by atoms with Crippen LogP contribution in [0, 0.1) is 0 Å². The van der Waals surface area contributed by atoms with Crippen LogP contribution in [0.3, 0.4) is 0 Å². The fourth-order valence-corrected chi connectivity index (χ4v) is 4.77. The van der Waals surface area contributed by atoms with Crippen LogP contribution in [-0.2, 0) is 21.1 Å². The zero-order valence-electron chi connectivity index (χ0n) is 18.0. The molecule has 2 heterocycles. The summed E-state index contributed by atoms with van der Waals surface area (Å²) in [6.45, 7) is 1.53. The Balaban J connectivity index is 1.64. The predicted octanol–water partition coefficient (Wildman–Crippen LogP) is 4.75. The molecule has 0 saturated carbocycles. The smallest absolute Gasteiger partial charge is 0.323 e. The molecule has 1 unspecified atom stereocenters. The van der Waals surface area contributed by atoms with E-state index >= 15 is 0 Å². The quantitative estimate of drug-likeness (QED) is 0.487. The van der Waals surface area contributed by atoms with E-state index in [9.17, 15) is 31.2 Å². The number of anilines is 1. The van der Waals surface area contributed by atoms with Crippen molar-refractivity contribution in [2.24, 2.45) is 0 Å². The summed E-state index contributed by atoms with van der Waals surface area (Å²) in [5, 5.41) is 3.14. The van der Waals surface area contributed by atoms with E-state index in [1.54, 1.807) is 36.7 Å². The van der Waals surface area contributed by atoms with E-state index in [-0.39, 0.29) is 12.1 Å². The van der Waals surface area contributed by atoms with Gasteiger partial charge < -0.3 is 5.32 Å². The number of urea groups is 1. The molecule has 4 rings (SSSR count). The van der Waals surface area contributed by atoms with Crippen LogP contribution in [0.4, 0.5) is 23.7 Å². The fraction of sp³-hybridized carbons (Fsp3) is 0.174. The molecule has 1 atom stereocenters. The number of sulfone groups is 1. The summed E-state index contributed by atoms with van der Waals surface area (Å²) in [7, 11) is -5.56. The Morgan fingerprint density at radius 2 is 1.77 bits per heavy atom. The van der Waals surface area contributed by atoms with Gasteiger partial charge in [-0.15, -0.1) is 0 Å². The third kappa shape index (κ3) is 4.48. The molecule has 35 heavy (non-hydrogen) atoms. The number of pyridine rings is 1. The normalized spacial score (nSPS) is 18.6. The summed E-state index contributed by atoms with van der Waals surface area (Å²) in [5.41, 5.74) is -4.76. The molecule has 7 nitrogen and oxygen atoms in total. The minimum absolute atomic E-state index is 0.0675. The van der Waals surface area contributed by atoms with Crippen molar-refractivity contribution in [3.05, 3.63) is 77.6 Å². The molecule has 0 radical (unpaired) electrons. The van der Waals surface area contributed by atoms with E-state index in [4.69, 9.17) is 11.6 Å². The lowest BCUT2D eigenvalue weighted by molar-refractivity contribution is -0.121. The molecule has 0 aliphatic carbocycles. The summed E-state index contributed by atoms with van der Waals surface area (Å²) in [4.78, 5) is 29.9. The van der Waals surface area contributed by atoms with Crippen molar-refractivity contribution in [2.75, 3.05) is 4.90 Å². The van der Waals surface area contributed by atoms with Crippen LogP contribution in [-0.4, -0.2) is 36.4 Å². The highest BCUT2D eigenvalue weighted by molar-refractivity contribution is 7.92. The second kappa shape index (κ2) is 8.65. The molecule has 1 fully saturated rings. The van der Waals surface area contributed by atoms with Crippen molar-refractivity contribution in [1.29, 1.82) is 0 Å². The summed E-state index contributed by atoms with van der Waals surface area (Å²) >= 11 is 6.10. The van der Waals surface area contributed by atoms with Gasteiger partial charge in [0.2, 0.25) is 0 Å². The fourth-order valence-electron chi connectivity index (χ4n) is 3.82. The Morgan fingerprint density at radius 1 is 1.09 bits per heavy atom. The molecule has 12 heteroatoms. The van der Waals surface area contributed by atoms with Crippen molar-refractivity contribution in [3.8, 4) is 11.1 Å². The zero-order chi connectivity index (χ0) is 25.6. The van der Waals surface area contributed by atoms with Crippen molar-refractivity contribution in [3.63, 3.8) is 0 Å². The molecule has 1 saturated heterocycles. The van der Waals surface area contributed by atoms with Gasteiger partial charge in [0.1, 0.15) is 5.54 Å². The van der Waals surface area contributed by atoms with E-state index in [2.05, 4.69) is 10.3 Å². The molecule has 0 spiro atoms. The van der Waals surface area contributed by atoms with Gasteiger partial charge in [-0.2, -0.15) is 13.2 Å². The number of carbonyl (C=O) groups is 2. The highest BCUT2D eigenvalue weighted by Crippen LogP contribution is 2.34. The van der Waals surface area contributed by atoms with Crippen LogP contribution in [0.15, 0.2) is 71.9 Å². The third-order valence-corrected chi connectivity index (χ3v) is 7.30. The number of amides is 3. The molecular weight excluding hydrogens is 507 g/mol. The van der Waals surface area contributed by atoms with Crippen LogP contribution < -0.4 is 10.2 Å². The molecule has 1 aliphatic heterocycles. The van der Waals surface area contributed by atoms with Crippen LogP contribution in [0.1, 0.15) is 12.5 Å². The number of hydrogen-bond acceptors (Lipinski definition) is 5. The number of halogens is 4. The Hall–Kier alpha value is -3.44. The summed E-state index contributed by atoms with van der Waals surface area (Å²) in [5.74, 6) is -0.650. The van der Waals surface area contributed by atoms with Crippen molar-refractivity contribution < 1.29 is 31.2 Å². The lowest BCUT2D eigenvalue weighted by Crippen LogP contribution is -2.46. The van der Waals surface area contributed by atoms with Gasteiger partial charge in [-0.05, 0) is 60.5 Å². The SMILES string of the molecule is CC1(Cc2ccncc2-c2cccc(Cl)c2)NC(=O)N(c2ccc(S(=O)(=O)C(F)(F)F)cc2)C1=O. The lowest BCUT2D eigenvalue weighted by atomic mass is 9.89. The lowest BCUT2D eigenvalue weighted by Gasteiger charge is -2.23. The maximum absolute atomic E-state index is 13.3. The zero-order valence-corrected chi connectivity index (χ0v) is 19.6. The Kier molecular flexibility index (Phi) is 6.10. The average Bonchev–Trinajstić information content (AvgIpc) is 3.01. The number of rotatable bonds is 5. The van der Waals surface area contributed by atoms with E-state index in [1.165, 1.54) is 6.92 Å². The van der Waals surface area contributed by atoms with Gasteiger partial charge in [0, 0.05) is 29.4 Å². The van der Waals surface area contributed by atoms with Crippen LogP contribution in [0.5, 0.6) is 0 Å². The second-order valence-electron chi connectivity index (χ2n) is 8.07. The molecular formula is C23H17ClF3N3O4S. The standard InChI is InChI=1S/C23H17ClF3N3O4S/c1-22(12-15-9-10-28-13-19(15)14-3-2-4-16(24)11-14)20(31)30(21(32)29-22)17-5-7-18(8-6-17)35(33,34)23(25,26)27/h2-11,13H,12H2,1H3,(H,29,32). The van der Waals surface area contributed by atoms with E-state index in [0.29, 0.717) is 28.3 Å². The Bertz CT molecular complexity index is 1430. The van der Waals surface area contributed by atoms with Crippen LogP contribution in [0.2, 0.25) is 5.02 Å². The number of benzene rings is 2. The molecule has 1 aromatic heterocycles. The summed E-state index contributed by atoms with van der Waals surface area (Å²) in [6.07, 6.45) is 3.24. The first-order valence-electron chi connectivity index (χ1n) is 10.1. The van der Waals surface area contributed by atoms with Crippen LogP contribution in [0.25, 0.3) is 11.1 Å². The molecule has 1 N–H and O–H groups in total. The maximum atomic E-state index is 13.3. The largest absolute Gasteiger partial charge is 0.501 e. The van der Waals surface area contributed by atoms with Gasteiger partial charge >= 0.3 is 11.5 Å². The monoisotopic (exact) mass is 523 g/mol. The second-order valence-corrected chi connectivity index (χ2v) is 10.4. The Labute approximate surface area is 203 Å². The minimum Gasteiger partial charge on any atom is -0.323 e. The van der Waals surface area contributed by atoms with Crippen molar-refractivity contribution in [1.82, 2.24) is 10.3 Å². The first-order valence-corrected chi connectivity index (χ1v) is 12.0. The highest BCUT2D eigenvalue weighted by atomic mass is 35.5. The predicted molar refractivity (Wildman–Crippen MR) is 122 cm³/mol. The number of carbonyl (C=O) groups excluding carboxylic acids is 2. The van der Waals surface area contributed by atoms with Crippen molar-refractivity contribution in [2.45, 2.75) is 29.3 Å². The van der Waals surface area contributed by atoms with E-state index < -0.39 is 37.7 Å². The molecule has 0 bridgehead atoms. The first kappa shape index (κ1) is 24.7. The highest BCUT2D eigenvalue weighted by Gasteiger charge is 2.49. The summed E-state index contributed by atoms with van der Waals surface area (Å²) < 4.78 is 61.6. The molecule has 1 aliphatic rings. The minimum atomic E-state index is -5.56. The van der Waals surface area contributed by atoms with E-state index in [1.807, 2.05) is 6.07 Å². The number of nitrogens with zero attached hydrogens (tertiary/aromatic N) is 2. The maximum Gasteiger partial charge on any atom is 0.501 e. The van der Waals surface area contributed by atoms with Gasteiger partial charge in [0.15, 0.2) is 0 Å². The number of hydrogen-bond donors (Lipinski definition) is 1. The first-order chi connectivity index (χ1) is 16.3. The van der Waals surface area contributed by atoms with Gasteiger partial charge in [-0.3, -0.25) is 9.78 Å². The number of aromatic nitrogens is 1. The van der Waals surface area contributed by atoms with Gasteiger partial charge in [0.25, 0.3) is 15.7 Å². The van der Waals surface area contributed by atoms with Gasteiger partial charge in [-0.25, -0.2) is 18.1 Å². The van der Waals surface area contributed by atoms with Crippen molar-refractivity contribution >= 4 is 39.1 Å². The molecule has 3 aromatic rings. The third-order valence-electron chi connectivity index (χ3n) is 5.56. The Morgan fingerprint density at radius 3 is 2.40 bits per heavy atom. The number of alkyl halides is 3.